The van der Waals surface area contributed by atoms with Gasteiger partial charge in [-0.1, -0.05) is 6.08 Å². The Morgan fingerprint density at radius 1 is 1.31 bits per heavy atom. The molecule has 0 spiro atoms. The zero-order valence-electron chi connectivity index (χ0n) is 18.2. The second-order valence-electron chi connectivity index (χ2n) is 7.92. The van der Waals surface area contributed by atoms with Crippen LogP contribution in [0.25, 0.3) is 5.57 Å². The molecule has 4 heterocycles. The summed E-state index contributed by atoms with van der Waals surface area (Å²) in [5, 5.41) is 6.28. The molecule has 2 aromatic heterocycles. The van der Waals surface area contributed by atoms with Crippen LogP contribution in [0.5, 0.6) is 0 Å². The third kappa shape index (κ3) is 4.63. The maximum Gasteiger partial charge on any atom is 0.265 e. The van der Waals surface area contributed by atoms with Crippen LogP contribution in [0.2, 0.25) is 0 Å². The molecule has 0 aliphatic carbocycles. The molecule has 32 heavy (non-hydrogen) atoms. The molecular weight excluding hydrogens is 426 g/mol. The minimum atomic E-state index is -0.479. The highest BCUT2D eigenvalue weighted by molar-refractivity contribution is 7.15. The molecule has 0 fully saturated rings. The second-order valence-corrected chi connectivity index (χ2v) is 9.01. The van der Waals surface area contributed by atoms with Crippen molar-refractivity contribution in [3.8, 4) is 0 Å². The molecule has 2 aliphatic rings. The predicted octanol–water partition coefficient (Wildman–Crippen LogP) is 2.11. The number of likely N-dealkylation sites (N-methyl/N-ethyl adjacent to an activating group) is 1. The van der Waals surface area contributed by atoms with E-state index < -0.39 is 5.91 Å². The van der Waals surface area contributed by atoms with E-state index in [0.717, 1.165) is 34.0 Å². The number of nitrogens with two attached hydrogens (primary N) is 1. The van der Waals surface area contributed by atoms with Crippen LogP contribution in [-0.4, -0.2) is 55.3 Å². The molecule has 0 saturated heterocycles. The third-order valence-corrected chi connectivity index (χ3v) is 6.48. The summed E-state index contributed by atoms with van der Waals surface area (Å²) >= 11 is 1.45. The number of hydrogen-bond acceptors (Lipinski definition) is 7. The molecule has 4 N–H and O–H groups in total. The average Bonchev–Trinajstić information content (AvgIpc) is 3.45. The zero-order valence-corrected chi connectivity index (χ0v) is 19.0. The van der Waals surface area contributed by atoms with Gasteiger partial charge in [-0.05, 0) is 50.4 Å². The van der Waals surface area contributed by atoms with Gasteiger partial charge in [-0.15, -0.1) is 11.3 Å². The van der Waals surface area contributed by atoms with Crippen LogP contribution >= 0.6 is 11.3 Å². The van der Waals surface area contributed by atoms with Crippen molar-refractivity contribution in [3.63, 3.8) is 0 Å². The van der Waals surface area contributed by atoms with Gasteiger partial charge < -0.3 is 30.6 Å². The summed E-state index contributed by atoms with van der Waals surface area (Å²) in [4.78, 5) is 30.4. The summed E-state index contributed by atoms with van der Waals surface area (Å²) in [5.41, 5.74) is 9.20. The van der Waals surface area contributed by atoms with E-state index in [2.05, 4.69) is 10.6 Å². The average molecular weight is 454 g/mol. The van der Waals surface area contributed by atoms with Gasteiger partial charge in [0.25, 0.3) is 11.8 Å². The lowest BCUT2D eigenvalue weighted by molar-refractivity contribution is -0.116. The molecule has 4 rings (SSSR count). The lowest BCUT2D eigenvalue weighted by atomic mass is 9.94. The fourth-order valence-electron chi connectivity index (χ4n) is 3.81. The minimum absolute atomic E-state index is 0.0814. The first kappa shape index (κ1) is 21.9. The molecule has 9 heteroatoms. The topological polar surface area (TPSA) is 104 Å². The Hall–Kier alpha value is -3.30. The molecule has 2 amide bonds. The normalized spacial score (nSPS) is 15.8. The van der Waals surface area contributed by atoms with Crippen molar-refractivity contribution in [2.75, 3.05) is 33.7 Å². The van der Waals surface area contributed by atoms with Gasteiger partial charge >= 0.3 is 0 Å². The standard InChI is InChI=1S/C23H27N5O3S/c1-27(2)10-9-26-23(30)20-8-7-19(32-20)17-13-25-12-15-5-6-18(22(24)29)28(21(15)17)14-16-4-3-11-31-16/h3-4,6-8,11-12,25H,5,9-10,13-14H2,1-2H3,(H2,24,29)(H,26,30). The minimum Gasteiger partial charge on any atom is -0.467 e. The zero-order chi connectivity index (χ0) is 22.7. The second kappa shape index (κ2) is 9.46. The fraction of sp³-hybridized carbons (Fsp3) is 0.304. The number of hydrogen-bond donors (Lipinski definition) is 3. The van der Waals surface area contributed by atoms with Crippen molar-refractivity contribution in [3.05, 3.63) is 75.3 Å². The Labute approximate surface area is 191 Å². The van der Waals surface area contributed by atoms with Gasteiger partial charge in [-0.2, -0.15) is 0 Å². The van der Waals surface area contributed by atoms with Crippen molar-refractivity contribution in [2.45, 2.75) is 13.0 Å². The Morgan fingerprint density at radius 3 is 2.88 bits per heavy atom. The van der Waals surface area contributed by atoms with Crippen molar-refractivity contribution in [1.82, 2.24) is 20.4 Å². The van der Waals surface area contributed by atoms with E-state index >= 15 is 0 Å². The number of fused-ring (bicyclic) bond motifs is 1. The van der Waals surface area contributed by atoms with Crippen LogP contribution < -0.4 is 16.4 Å². The number of nitrogens with zero attached hydrogens (tertiary/aromatic N) is 2. The van der Waals surface area contributed by atoms with Crippen molar-refractivity contribution in [2.24, 2.45) is 5.73 Å². The maximum atomic E-state index is 12.6. The number of allylic oxidation sites excluding steroid dienone is 2. The van der Waals surface area contributed by atoms with E-state index in [1.807, 2.05) is 60.4 Å². The van der Waals surface area contributed by atoms with Crippen LogP contribution in [0.4, 0.5) is 0 Å². The highest BCUT2D eigenvalue weighted by Crippen LogP contribution is 2.39. The summed E-state index contributed by atoms with van der Waals surface area (Å²) < 4.78 is 5.54. The molecule has 0 atom stereocenters. The molecule has 2 aliphatic heterocycles. The largest absolute Gasteiger partial charge is 0.467 e. The lowest BCUT2D eigenvalue weighted by Gasteiger charge is -2.36. The van der Waals surface area contributed by atoms with E-state index in [1.54, 1.807) is 6.26 Å². The third-order valence-electron chi connectivity index (χ3n) is 5.34. The predicted molar refractivity (Wildman–Crippen MR) is 124 cm³/mol. The van der Waals surface area contributed by atoms with Crippen LogP contribution in [0.1, 0.15) is 26.7 Å². The van der Waals surface area contributed by atoms with Crippen molar-refractivity contribution in [1.29, 1.82) is 0 Å². The van der Waals surface area contributed by atoms with Gasteiger partial charge in [-0.25, -0.2) is 0 Å². The quantitative estimate of drug-likeness (QED) is 0.566. The highest BCUT2D eigenvalue weighted by atomic mass is 32.1. The van der Waals surface area contributed by atoms with E-state index in [4.69, 9.17) is 10.2 Å². The fourth-order valence-corrected chi connectivity index (χ4v) is 4.78. The molecule has 2 aromatic rings. The van der Waals surface area contributed by atoms with Gasteiger partial charge in [0.1, 0.15) is 11.5 Å². The Balaban J connectivity index is 1.67. The van der Waals surface area contributed by atoms with E-state index in [9.17, 15) is 9.59 Å². The van der Waals surface area contributed by atoms with Crippen LogP contribution in [0, 0.1) is 0 Å². The van der Waals surface area contributed by atoms with Crippen LogP contribution in [-0.2, 0) is 11.3 Å². The Morgan fingerprint density at radius 2 is 2.16 bits per heavy atom. The van der Waals surface area contributed by atoms with Gasteiger partial charge in [0.05, 0.1) is 23.4 Å². The molecule has 0 radical (unpaired) electrons. The maximum absolute atomic E-state index is 12.6. The van der Waals surface area contributed by atoms with Gasteiger partial charge in [0.15, 0.2) is 0 Å². The highest BCUT2D eigenvalue weighted by Gasteiger charge is 2.31. The SMILES string of the molecule is CN(C)CCNC(=O)c1ccc(C2=C3C(=CNC2)CC=C(C(N)=O)N3Cc2ccco2)s1. The summed E-state index contributed by atoms with van der Waals surface area (Å²) in [7, 11) is 3.94. The molecule has 0 saturated carbocycles. The smallest absolute Gasteiger partial charge is 0.265 e. The summed E-state index contributed by atoms with van der Waals surface area (Å²) in [5.74, 6) is 0.172. The van der Waals surface area contributed by atoms with Crippen molar-refractivity contribution >= 4 is 28.7 Å². The molecule has 168 valence electrons. The number of rotatable bonds is 8. The first-order valence-corrected chi connectivity index (χ1v) is 11.2. The summed E-state index contributed by atoms with van der Waals surface area (Å²) in [6.07, 6.45) is 6.04. The molecule has 0 aromatic carbocycles. The van der Waals surface area contributed by atoms with Gasteiger partial charge in [-0.3, -0.25) is 9.59 Å². The Kier molecular flexibility index (Phi) is 6.48. The first-order valence-electron chi connectivity index (χ1n) is 10.4. The number of amides is 2. The number of dihydropyridines is 1. The van der Waals surface area contributed by atoms with E-state index in [1.165, 1.54) is 11.3 Å². The van der Waals surface area contributed by atoms with Gasteiger partial charge in [0.2, 0.25) is 0 Å². The van der Waals surface area contributed by atoms with E-state index in [0.29, 0.717) is 36.6 Å². The van der Waals surface area contributed by atoms with E-state index in [-0.39, 0.29) is 5.91 Å². The molecule has 8 nitrogen and oxygen atoms in total. The van der Waals surface area contributed by atoms with Gasteiger partial charge in [0, 0.05) is 36.3 Å². The number of carbonyl (C=O) groups is 2. The lowest BCUT2D eigenvalue weighted by Crippen LogP contribution is -2.36. The summed E-state index contributed by atoms with van der Waals surface area (Å²) in [6, 6.07) is 7.51. The number of furan rings is 1. The Bertz CT molecular complexity index is 1090. The molecule has 0 bridgehead atoms. The molecular formula is C23H27N5O3S. The monoisotopic (exact) mass is 453 g/mol. The number of primary amides is 1. The number of carbonyl (C=O) groups excluding carboxylic acids is 2. The van der Waals surface area contributed by atoms with Crippen molar-refractivity contribution < 1.29 is 14.0 Å². The first-order chi connectivity index (χ1) is 15.4. The molecule has 0 unspecified atom stereocenters. The van der Waals surface area contributed by atoms with Crippen LogP contribution in [0.3, 0.4) is 0 Å². The van der Waals surface area contributed by atoms with Crippen LogP contribution in [0.15, 0.2) is 64.2 Å². The number of nitrogens with one attached hydrogen (secondary N) is 2. The number of thiophene rings is 1. The summed E-state index contributed by atoms with van der Waals surface area (Å²) in [6.45, 7) is 2.34.